The molecule has 0 saturated carbocycles. The topological polar surface area (TPSA) is 95.7 Å². The van der Waals surface area contributed by atoms with Gasteiger partial charge in [0.1, 0.15) is 0 Å². The summed E-state index contributed by atoms with van der Waals surface area (Å²) in [5.41, 5.74) is 8.71. The third-order valence-electron chi connectivity index (χ3n) is 4.48. The predicted molar refractivity (Wildman–Crippen MR) is 114 cm³/mol. The molecule has 0 aliphatic carbocycles. The number of amides is 2. The molecule has 3 rings (SSSR count). The van der Waals surface area contributed by atoms with E-state index in [0.717, 1.165) is 5.56 Å². The molecule has 2 amide bonds. The number of nitrogens with zero attached hydrogens (tertiary/aromatic N) is 1. The van der Waals surface area contributed by atoms with Gasteiger partial charge in [0.25, 0.3) is 11.8 Å². The van der Waals surface area contributed by atoms with Crippen LogP contribution < -0.4 is 11.1 Å². The number of carbonyl (C=O) groups is 2. The zero-order chi connectivity index (χ0) is 20.6. The maximum absolute atomic E-state index is 12.9. The average molecular weight is 389 g/mol. The molecule has 0 atom stereocenters. The van der Waals surface area contributed by atoms with Gasteiger partial charge in [-0.15, -0.1) is 0 Å². The molecule has 0 unspecified atom stereocenters. The van der Waals surface area contributed by atoms with E-state index in [2.05, 4.69) is 5.32 Å². The second-order valence-electron chi connectivity index (χ2n) is 6.55. The summed E-state index contributed by atoms with van der Waals surface area (Å²) in [6, 6.07) is 23.0. The van der Waals surface area contributed by atoms with E-state index in [4.69, 9.17) is 5.73 Å². The lowest BCUT2D eigenvalue weighted by atomic mass is 10.1. The Balaban J connectivity index is 1.71. The summed E-state index contributed by atoms with van der Waals surface area (Å²) in [6.07, 6.45) is 0. The van der Waals surface area contributed by atoms with Crippen molar-refractivity contribution in [2.75, 3.05) is 24.2 Å². The predicted octanol–water partition coefficient (Wildman–Crippen LogP) is 3.16. The minimum Gasteiger partial charge on any atom is -0.397 e. The largest absolute Gasteiger partial charge is 0.397 e. The molecule has 6 nitrogen and oxygen atoms in total. The molecule has 0 spiro atoms. The van der Waals surface area contributed by atoms with Crippen LogP contribution in [0.25, 0.3) is 0 Å². The average Bonchev–Trinajstić information content (AvgIpc) is 2.75. The second-order valence-corrected chi connectivity index (χ2v) is 6.55. The number of carbonyl (C=O) groups excluding carboxylic acids is 2. The van der Waals surface area contributed by atoms with Crippen molar-refractivity contribution in [1.82, 2.24) is 4.90 Å². The Kier molecular flexibility index (Phi) is 6.60. The van der Waals surface area contributed by atoms with Gasteiger partial charge in [-0.05, 0) is 42.0 Å². The van der Waals surface area contributed by atoms with Gasteiger partial charge >= 0.3 is 0 Å². The molecule has 29 heavy (non-hydrogen) atoms. The van der Waals surface area contributed by atoms with Gasteiger partial charge in [-0.2, -0.15) is 0 Å². The normalized spacial score (nSPS) is 10.4. The highest BCUT2D eigenvalue weighted by Crippen LogP contribution is 2.18. The van der Waals surface area contributed by atoms with Crippen molar-refractivity contribution in [3.8, 4) is 0 Å². The highest BCUT2D eigenvalue weighted by Gasteiger charge is 2.17. The molecule has 0 saturated heterocycles. The zero-order valence-electron chi connectivity index (χ0n) is 15.9. The van der Waals surface area contributed by atoms with Crippen molar-refractivity contribution < 1.29 is 14.7 Å². The van der Waals surface area contributed by atoms with Crippen LogP contribution in [0.15, 0.2) is 78.9 Å². The minimum absolute atomic E-state index is 0.127. The number of hydrogen-bond donors (Lipinski definition) is 3. The summed E-state index contributed by atoms with van der Waals surface area (Å²) < 4.78 is 0. The van der Waals surface area contributed by atoms with Gasteiger partial charge in [0.15, 0.2) is 0 Å². The fraction of sp³-hybridized carbons (Fsp3) is 0.130. The van der Waals surface area contributed by atoms with Crippen molar-refractivity contribution in [3.05, 3.63) is 95.6 Å². The Morgan fingerprint density at radius 1 is 0.862 bits per heavy atom. The number of nitrogens with one attached hydrogen (secondary N) is 1. The third-order valence-corrected chi connectivity index (χ3v) is 4.48. The smallest absolute Gasteiger partial charge is 0.255 e. The van der Waals surface area contributed by atoms with Crippen LogP contribution in [0, 0.1) is 0 Å². The first-order chi connectivity index (χ1) is 14.1. The molecular weight excluding hydrogens is 366 g/mol. The van der Waals surface area contributed by atoms with Crippen molar-refractivity contribution in [2.24, 2.45) is 0 Å². The van der Waals surface area contributed by atoms with Crippen LogP contribution in [-0.2, 0) is 6.54 Å². The van der Waals surface area contributed by atoms with Gasteiger partial charge in [0.05, 0.1) is 18.0 Å². The number of benzene rings is 3. The molecule has 3 aromatic rings. The first-order valence-electron chi connectivity index (χ1n) is 9.28. The summed E-state index contributed by atoms with van der Waals surface area (Å²) in [5, 5.41) is 12.1. The summed E-state index contributed by atoms with van der Waals surface area (Å²) in [4.78, 5) is 26.9. The van der Waals surface area contributed by atoms with E-state index >= 15 is 0 Å². The Bertz CT molecular complexity index is 972. The van der Waals surface area contributed by atoms with E-state index in [-0.39, 0.29) is 25.0 Å². The lowest BCUT2D eigenvalue weighted by Gasteiger charge is -2.22. The highest BCUT2D eigenvalue weighted by molar-refractivity contribution is 6.06. The summed E-state index contributed by atoms with van der Waals surface area (Å²) in [5.74, 6) is -0.513. The van der Waals surface area contributed by atoms with Gasteiger partial charge in [-0.25, -0.2) is 0 Å². The lowest BCUT2D eigenvalue weighted by molar-refractivity contribution is 0.0707. The second kappa shape index (κ2) is 9.52. The Hall–Kier alpha value is -3.64. The van der Waals surface area contributed by atoms with Crippen molar-refractivity contribution in [2.45, 2.75) is 6.54 Å². The van der Waals surface area contributed by atoms with E-state index in [1.165, 1.54) is 0 Å². The molecule has 0 aromatic heterocycles. The van der Waals surface area contributed by atoms with Crippen molar-refractivity contribution >= 4 is 23.2 Å². The first-order valence-corrected chi connectivity index (χ1v) is 9.28. The van der Waals surface area contributed by atoms with Crippen LogP contribution in [0.2, 0.25) is 0 Å². The van der Waals surface area contributed by atoms with Crippen LogP contribution in [0.3, 0.4) is 0 Å². The summed E-state index contributed by atoms with van der Waals surface area (Å²) in [6.45, 7) is 0.497. The fourth-order valence-electron chi connectivity index (χ4n) is 2.93. The first kappa shape index (κ1) is 20.1. The van der Waals surface area contributed by atoms with E-state index in [9.17, 15) is 14.7 Å². The number of aliphatic hydroxyl groups excluding tert-OH is 1. The molecule has 0 aliphatic rings. The van der Waals surface area contributed by atoms with E-state index in [1.54, 1.807) is 53.4 Å². The van der Waals surface area contributed by atoms with E-state index in [0.29, 0.717) is 29.0 Å². The van der Waals surface area contributed by atoms with Gasteiger partial charge < -0.3 is 21.1 Å². The number of para-hydroxylation sites is 2. The number of aliphatic hydroxyl groups is 1. The SMILES string of the molecule is Nc1ccccc1NC(=O)c1ccc(C(=O)N(CCO)Cc2ccccc2)cc1. The zero-order valence-corrected chi connectivity index (χ0v) is 15.9. The molecular formula is C23H23N3O3. The molecule has 6 heteroatoms. The van der Waals surface area contributed by atoms with Gasteiger partial charge in [0, 0.05) is 24.2 Å². The van der Waals surface area contributed by atoms with Crippen LogP contribution >= 0.6 is 0 Å². The number of nitrogen functional groups attached to an aromatic ring is 1. The summed E-state index contributed by atoms with van der Waals surface area (Å²) in [7, 11) is 0. The standard InChI is InChI=1S/C23H23N3O3/c24-20-8-4-5-9-21(20)25-22(28)18-10-12-19(13-11-18)23(29)26(14-15-27)16-17-6-2-1-3-7-17/h1-13,27H,14-16,24H2,(H,25,28). The maximum Gasteiger partial charge on any atom is 0.255 e. The fourth-order valence-corrected chi connectivity index (χ4v) is 2.93. The van der Waals surface area contributed by atoms with Crippen LogP contribution in [-0.4, -0.2) is 35.0 Å². The lowest BCUT2D eigenvalue weighted by Crippen LogP contribution is -2.33. The Morgan fingerprint density at radius 2 is 1.48 bits per heavy atom. The molecule has 3 aromatic carbocycles. The monoisotopic (exact) mass is 389 g/mol. The number of rotatable bonds is 7. The highest BCUT2D eigenvalue weighted by atomic mass is 16.3. The quantitative estimate of drug-likeness (QED) is 0.541. The van der Waals surface area contributed by atoms with Crippen molar-refractivity contribution in [3.63, 3.8) is 0 Å². The number of anilines is 2. The van der Waals surface area contributed by atoms with Crippen LogP contribution in [0.1, 0.15) is 26.3 Å². The molecule has 148 valence electrons. The molecule has 0 bridgehead atoms. The van der Waals surface area contributed by atoms with Gasteiger partial charge in [-0.1, -0.05) is 42.5 Å². The van der Waals surface area contributed by atoms with Gasteiger partial charge in [-0.3, -0.25) is 9.59 Å². The Labute approximate surface area is 169 Å². The van der Waals surface area contributed by atoms with E-state index < -0.39 is 0 Å². The van der Waals surface area contributed by atoms with E-state index in [1.807, 2.05) is 30.3 Å². The van der Waals surface area contributed by atoms with Gasteiger partial charge in [0.2, 0.25) is 0 Å². The molecule has 0 aliphatic heterocycles. The number of hydrogen-bond acceptors (Lipinski definition) is 4. The molecule has 0 radical (unpaired) electrons. The van der Waals surface area contributed by atoms with Crippen LogP contribution in [0.5, 0.6) is 0 Å². The molecule has 0 fully saturated rings. The Morgan fingerprint density at radius 3 is 2.14 bits per heavy atom. The maximum atomic E-state index is 12.9. The summed E-state index contributed by atoms with van der Waals surface area (Å²) >= 11 is 0. The molecule has 4 N–H and O–H groups in total. The number of nitrogens with two attached hydrogens (primary N) is 1. The van der Waals surface area contributed by atoms with Crippen LogP contribution in [0.4, 0.5) is 11.4 Å². The molecule has 0 heterocycles. The minimum atomic E-state index is -0.307. The third kappa shape index (κ3) is 5.21. The van der Waals surface area contributed by atoms with Crippen molar-refractivity contribution in [1.29, 1.82) is 0 Å².